The van der Waals surface area contributed by atoms with E-state index in [2.05, 4.69) is 55.8 Å². The van der Waals surface area contributed by atoms with E-state index in [0.29, 0.717) is 25.3 Å². The third-order valence-electron chi connectivity index (χ3n) is 9.41. The van der Waals surface area contributed by atoms with Crippen LogP contribution in [0.5, 0.6) is 0 Å². The number of aromatic nitrogens is 1. The number of carbonyl (C=O) groups is 1. The zero-order chi connectivity index (χ0) is 31.3. The quantitative estimate of drug-likeness (QED) is 0.255. The van der Waals surface area contributed by atoms with Crippen molar-refractivity contribution >= 4 is 18.1 Å². The fraction of sp³-hybridized carbons (Fsp3) is 0.514. The molecule has 2 aromatic rings. The lowest BCUT2D eigenvalue weighted by atomic mass is 9.79. The van der Waals surface area contributed by atoms with E-state index in [0.717, 1.165) is 42.4 Å². The van der Waals surface area contributed by atoms with E-state index < -0.39 is 6.29 Å². The molecule has 1 aromatic heterocycles. The highest BCUT2D eigenvalue weighted by molar-refractivity contribution is 5.82. The number of oxazole rings is 1. The standard InChI is InChI=1S/C37H45NO7/c1-23-18-29-11-7-13-34(39)45-36-25(3)32(44-35(26(36)4)24(2)20-33-38-15-17-40-33)12-6-9-27-8-5-10-28(21-27)37-41-16-14-30(43-37)22-31(19-23)42-29/h5-10,13,15,17,20-21,25-26,29-32,35-37H,1,11-12,14,16,18-19,22H2,2-4H3/b9-6+,13-7-,24-20+/t25-,26-,29-,30-,31+,32+,35-,36-,37-/m0/s1. The van der Waals surface area contributed by atoms with Crippen LogP contribution < -0.4 is 0 Å². The van der Waals surface area contributed by atoms with Gasteiger partial charge in [0.05, 0.1) is 43.3 Å². The molecular weight excluding hydrogens is 570 g/mol. The highest BCUT2D eigenvalue weighted by Crippen LogP contribution is 2.38. The molecule has 0 aliphatic carbocycles. The van der Waals surface area contributed by atoms with Crippen molar-refractivity contribution in [1.29, 1.82) is 0 Å². The average molecular weight is 616 g/mol. The minimum absolute atomic E-state index is 0.0224. The van der Waals surface area contributed by atoms with Gasteiger partial charge in [-0.15, -0.1) is 0 Å². The first-order valence-electron chi connectivity index (χ1n) is 16.3. The molecule has 45 heavy (non-hydrogen) atoms. The van der Waals surface area contributed by atoms with Gasteiger partial charge in [-0.25, -0.2) is 9.78 Å². The second kappa shape index (κ2) is 14.4. The molecule has 0 saturated carbocycles. The fourth-order valence-corrected chi connectivity index (χ4v) is 7.13. The van der Waals surface area contributed by atoms with Crippen LogP contribution in [-0.2, 0) is 28.5 Å². The highest BCUT2D eigenvalue weighted by Gasteiger charge is 2.43. The lowest BCUT2D eigenvalue weighted by Crippen LogP contribution is -2.50. The number of nitrogens with zero attached hydrogens (tertiary/aromatic N) is 1. The van der Waals surface area contributed by atoms with Crippen molar-refractivity contribution < 1.29 is 32.9 Å². The van der Waals surface area contributed by atoms with Gasteiger partial charge in [0.2, 0.25) is 5.89 Å². The summed E-state index contributed by atoms with van der Waals surface area (Å²) in [4.78, 5) is 17.4. The Morgan fingerprint density at radius 1 is 1.00 bits per heavy atom. The minimum atomic E-state index is -0.414. The Kier molecular flexibility index (Phi) is 10.1. The molecule has 0 amide bonds. The van der Waals surface area contributed by atoms with E-state index in [1.54, 1.807) is 18.5 Å². The number of rotatable bonds is 2. The summed E-state index contributed by atoms with van der Waals surface area (Å²) in [6.45, 7) is 11.1. The van der Waals surface area contributed by atoms with Gasteiger partial charge in [0.25, 0.3) is 0 Å². The van der Waals surface area contributed by atoms with Crippen LogP contribution in [-0.4, -0.2) is 54.2 Å². The molecule has 3 fully saturated rings. The lowest BCUT2D eigenvalue weighted by Gasteiger charge is -2.44. The Hall–Kier alpha value is -3.30. The van der Waals surface area contributed by atoms with Gasteiger partial charge in [0.15, 0.2) is 6.29 Å². The SMILES string of the molecule is C=C1C[C@@H]2C[C@@H]3CCO[C@@H](O3)c3cccc(c3)/C=C/C[C@H]3O[C@@H](/C(C)=C/c4ncco4)[C@H](C)[C@@H](OC(=O)/C=C\C[C@@H](C1)O2)[C@H]3C. The zero-order valence-corrected chi connectivity index (χ0v) is 26.5. The van der Waals surface area contributed by atoms with E-state index in [9.17, 15) is 4.79 Å². The van der Waals surface area contributed by atoms with Gasteiger partial charge in [0.1, 0.15) is 12.4 Å². The van der Waals surface area contributed by atoms with Gasteiger partial charge in [-0.3, -0.25) is 0 Å². The Morgan fingerprint density at radius 3 is 2.69 bits per heavy atom. The van der Waals surface area contributed by atoms with E-state index in [-0.39, 0.29) is 54.4 Å². The molecule has 0 N–H and O–H groups in total. The normalized spacial score (nSPS) is 36.3. The number of esters is 1. The summed E-state index contributed by atoms with van der Waals surface area (Å²) in [5, 5.41) is 0. The lowest BCUT2D eigenvalue weighted by molar-refractivity contribution is -0.225. The maximum absolute atomic E-state index is 13.2. The average Bonchev–Trinajstić information content (AvgIpc) is 3.53. The summed E-state index contributed by atoms with van der Waals surface area (Å²) in [6.07, 6.45) is 16.0. The maximum Gasteiger partial charge on any atom is 0.330 e. The number of hydrogen-bond donors (Lipinski definition) is 0. The minimum Gasteiger partial charge on any atom is -0.458 e. The monoisotopic (exact) mass is 615 g/mol. The van der Waals surface area contributed by atoms with Crippen LogP contribution in [0.15, 0.2) is 77.1 Å². The molecule has 9 atom stereocenters. The molecule has 1 aromatic carbocycles. The maximum atomic E-state index is 13.2. The molecular formula is C37H45NO7. The number of carbonyl (C=O) groups excluding carboxylic acids is 1. The van der Waals surface area contributed by atoms with E-state index >= 15 is 0 Å². The third-order valence-corrected chi connectivity index (χ3v) is 9.41. The van der Waals surface area contributed by atoms with Crippen LogP contribution >= 0.6 is 0 Å². The van der Waals surface area contributed by atoms with Gasteiger partial charge >= 0.3 is 5.97 Å². The molecule has 6 rings (SSSR count). The Morgan fingerprint density at radius 2 is 1.84 bits per heavy atom. The van der Waals surface area contributed by atoms with Gasteiger partial charge in [-0.1, -0.05) is 62.4 Å². The van der Waals surface area contributed by atoms with Crippen molar-refractivity contribution in [3.05, 3.63) is 89.7 Å². The molecule has 8 nitrogen and oxygen atoms in total. The van der Waals surface area contributed by atoms with Gasteiger partial charge in [-0.05, 0) is 56.2 Å². The van der Waals surface area contributed by atoms with Crippen LogP contribution in [0, 0.1) is 11.8 Å². The molecule has 3 saturated heterocycles. The smallest absolute Gasteiger partial charge is 0.330 e. The predicted octanol–water partition coefficient (Wildman–Crippen LogP) is 7.39. The summed E-state index contributed by atoms with van der Waals surface area (Å²) < 4.78 is 37.3. The van der Waals surface area contributed by atoms with Crippen molar-refractivity contribution in [3.63, 3.8) is 0 Å². The number of hydrogen-bond acceptors (Lipinski definition) is 8. The topological polar surface area (TPSA) is 89.3 Å². The molecule has 4 aliphatic heterocycles. The van der Waals surface area contributed by atoms with Crippen molar-refractivity contribution in [2.24, 2.45) is 11.8 Å². The Bertz CT molecular complexity index is 1410. The first-order valence-corrected chi connectivity index (χ1v) is 16.3. The third kappa shape index (κ3) is 7.93. The van der Waals surface area contributed by atoms with Crippen molar-refractivity contribution in [3.8, 4) is 0 Å². The summed E-state index contributed by atoms with van der Waals surface area (Å²) in [6, 6.07) is 8.29. The number of benzene rings is 1. The zero-order valence-electron chi connectivity index (χ0n) is 26.5. The second-order valence-electron chi connectivity index (χ2n) is 12.9. The van der Waals surface area contributed by atoms with Crippen molar-refractivity contribution in [1.82, 2.24) is 4.98 Å². The van der Waals surface area contributed by atoms with E-state index in [1.165, 1.54) is 5.57 Å². The summed E-state index contributed by atoms with van der Waals surface area (Å²) >= 11 is 0. The molecule has 240 valence electrons. The molecule has 0 spiro atoms. The first-order chi connectivity index (χ1) is 21.8. The molecule has 8 heteroatoms. The van der Waals surface area contributed by atoms with Crippen LogP contribution in [0.1, 0.15) is 82.6 Å². The van der Waals surface area contributed by atoms with Crippen LogP contribution in [0.4, 0.5) is 0 Å². The largest absolute Gasteiger partial charge is 0.458 e. The van der Waals surface area contributed by atoms with E-state index in [1.807, 2.05) is 25.1 Å². The van der Waals surface area contributed by atoms with Crippen molar-refractivity contribution in [2.45, 2.75) is 102 Å². The van der Waals surface area contributed by atoms with Gasteiger partial charge in [0, 0.05) is 36.0 Å². The fourth-order valence-electron chi connectivity index (χ4n) is 7.13. The molecule has 0 radical (unpaired) electrons. The second-order valence-corrected chi connectivity index (χ2v) is 12.9. The number of ether oxygens (including phenoxy) is 5. The summed E-state index contributed by atoms with van der Waals surface area (Å²) in [5.41, 5.74) is 4.20. The molecule has 5 heterocycles. The summed E-state index contributed by atoms with van der Waals surface area (Å²) in [5.74, 6) is 0.0662. The summed E-state index contributed by atoms with van der Waals surface area (Å²) in [7, 11) is 0. The molecule has 8 bridgehead atoms. The van der Waals surface area contributed by atoms with Crippen LogP contribution in [0.3, 0.4) is 0 Å². The molecule has 4 aliphatic rings. The Balaban J connectivity index is 1.28. The van der Waals surface area contributed by atoms with Gasteiger partial charge in [-0.2, -0.15) is 0 Å². The number of fused-ring (bicyclic) bond motifs is 9. The van der Waals surface area contributed by atoms with E-state index in [4.69, 9.17) is 28.1 Å². The Labute approximate surface area is 266 Å². The predicted molar refractivity (Wildman–Crippen MR) is 171 cm³/mol. The first kappa shape index (κ1) is 31.7. The van der Waals surface area contributed by atoms with Gasteiger partial charge < -0.3 is 28.1 Å². The van der Waals surface area contributed by atoms with Crippen molar-refractivity contribution in [2.75, 3.05) is 6.61 Å². The highest BCUT2D eigenvalue weighted by atomic mass is 16.7. The van der Waals surface area contributed by atoms with Crippen LogP contribution in [0.2, 0.25) is 0 Å². The van der Waals surface area contributed by atoms with Crippen LogP contribution in [0.25, 0.3) is 12.2 Å². The molecule has 0 unspecified atom stereocenters.